The van der Waals surface area contributed by atoms with E-state index in [1.807, 2.05) is 20.8 Å². The third kappa shape index (κ3) is 9.25. The number of carboxylic acid groups (broad SMARTS) is 1. The maximum atomic E-state index is 13.2. The molecule has 2 aliphatic heterocycles. The van der Waals surface area contributed by atoms with E-state index < -0.39 is 148 Å². The van der Waals surface area contributed by atoms with Crippen molar-refractivity contribution in [1.29, 1.82) is 0 Å². The first-order valence-corrected chi connectivity index (χ1v) is 26.0. The highest BCUT2D eigenvalue weighted by molar-refractivity contribution is 5.88. The van der Waals surface area contributed by atoms with Gasteiger partial charge in [-0.05, 0) is 119 Å². The second kappa shape index (κ2) is 20.6. The number of aliphatic hydroxyl groups is 7. The minimum Gasteiger partial charge on any atom is -0.479 e. The number of hydrogen-bond donors (Lipinski definition) is 8. The predicted molar refractivity (Wildman–Crippen MR) is 258 cm³/mol. The van der Waals surface area contributed by atoms with Crippen molar-refractivity contribution < 1.29 is 93.2 Å². The van der Waals surface area contributed by atoms with Crippen molar-refractivity contribution in [2.75, 3.05) is 13.2 Å². The van der Waals surface area contributed by atoms with Crippen molar-refractivity contribution in [3.63, 3.8) is 0 Å². The molecular formula is C54H82O19. The number of rotatable bonds is 12. The molecule has 0 radical (unpaired) electrons. The lowest BCUT2D eigenvalue weighted by Gasteiger charge is -2.72. The maximum absolute atomic E-state index is 13.2. The average molecular weight is 1040 g/mol. The van der Waals surface area contributed by atoms with Crippen LogP contribution < -0.4 is 0 Å². The van der Waals surface area contributed by atoms with E-state index in [1.165, 1.54) is 6.92 Å². The molecule has 8 N–H and O–H groups in total. The van der Waals surface area contributed by atoms with Crippen LogP contribution >= 0.6 is 0 Å². The lowest BCUT2D eigenvalue weighted by atomic mass is 9.33. The Balaban J connectivity index is 1.20. The summed E-state index contributed by atoms with van der Waals surface area (Å²) in [6.45, 7) is 21.1. The lowest BCUT2D eigenvalue weighted by molar-refractivity contribution is -0.342. The topological polar surface area (TPSA) is 295 Å². The van der Waals surface area contributed by atoms with Crippen molar-refractivity contribution in [2.24, 2.45) is 50.2 Å². The van der Waals surface area contributed by atoms with E-state index >= 15 is 0 Å². The number of fused-ring (bicyclic) bond motifs is 7. The molecule has 5 aliphatic carbocycles. The first-order chi connectivity index (χ1) is 33.9. The highest BCUT2D eigenvalue weighted by Crippen LogP contribution is 2.76. The molecule has 19 nitrogen and oxygen atoms in total. The third-order valence-electron chi connectivity index (χ3n) is 19.9. The molecule has 0 aromatic heterocycles. The van der Waals surface area contributed by atoms with Crippen molar-refractivity contribution in [3.8, 4) is 0 Å². The molecular weight excluding hydrogens is 953 g/mol. The van der Waals surface area contributed by atoms with E-state index in [4.69, 9.17) is 33.2 Å². The van der Waals surface area contributed by atoms with Gasteiger partial charge < -0.3 is 74.0 Å². The summed E-state index contributed by atoms with van der Waals surface area (Å²) in [5.74, 6) is -4.28. The molecule has 4 unspecified atom stereocenters. The van der Waals surface area contributed by atoms with Gasteiger partial charge >= 0.3 is 23.9 Å². The van der Waals surface area contributed by atoms with Gasteiger partial charge in [0, 0.05) is 23.5 Å². The number of carbonyl (C=O) groups excluding carboxylic acids is 3. The molecule has 0 bridgehead atoms. The fourth-order valence-electron chi connectivity index (χ4n) is 15.1. The third-order valence-corrected chi connectivity index (χ3v) is 19.9. The van der Waals surface area contributed by atoms with E-state index in [0.717, 1.165) is 5.57 Å². The first-order valence-electron chi connectivity index (χ1n) is 26.0. The molecule has 4 saturated carbocycles. The van der Waals surface area contributed by atoms with Crippen LogP contribution in [0.15, 0.2) is 34.9 Å². The Morgan fingerprint density at radius 2 is 1.36 bits per heavy atom. The standard InChI is InChI=1S/C54H82O19/c1-13-25(3)45(65)70-39-27(5)68-48(38(61)40(39)71-46(66)26(4)14-2)73-43-42(62)54(24-67-28(6)56)30(21-49(43,7)8)29-15-16-32-50(9)19-18-34(69-47-37(60)35(58)36(59)41(72-47)44(63)64)51(10,23-55)31(50)17-20-52(32,11)53(29,12)22-33(54)57/h13-15,27,30-43,47-48,55,57-62H,16-24H2,1-12H3,(H,63,64)/b25-13-,26-14-/t27-,30?,31?,32?,33?,34+,35+,36+,37-,38-,39-,40-,41+,42+,43+,47-,48+,50+,51+,52-,53-,54+/m1/s1. The zero-order chi connectivity index (χ0) is 54.3. The summed E-state index contributed by atoms with van der Waals surface area (Å²) in [4.78, 5) is 51.0. The number of carbonyl (C=O) groups is 4. The van der Waals surface area contributed by atoms with Gasteiger partial charge in [-0.3, -0.25) is 4.79 Å². The van der Waals surface area contributed by atoms with Gasteiger partial charge in [0.2, 0.25) is 0 Å². The Bertz CT molecular complexity index is 2210. The van der Waals surface area contributed by atoms with Crippen LogP contribution in [0, 0.1) is 50.2 Å². The number of hydrogen-bond acceptors (Lipinski definition) is 18. The van der Waals surface area contributed by atoms with E-state index in [0.29, 0.717) is 38.5 Å². The number of allylic oxidation sites excluding steroid dienone is 4. The molecule has 0 aromatic carbocycles. The fraction of sp³-hybridized carbons (Fsp3) is 0.815. The van der Waals surface area contributed by atoms with Crippen molar-refractivity contribution in [1.82, 2.24) is 0 Å². The van der Waals surface area contributed by atoms with Crippen molar-refractivity contribution >= 4 is 23.9 Å². The Morgan fingerprint density at radius 1 is 0.753 bits per heavy atom. The van der Waals surface area contributed by atoms with Gasteiger partial charge in [-0.25, -0.2) is 14.4 Å². The van der Waals surface area contributed by atoms with Crippen LogP contribution in [0.4, 0.5) is 0 Å². The number of aliphatic hydroxyl groups excluding tert-OH is 7. The summed E-state index contributed by atoms with van der Waals surface area (Å²) < 4.78 is 42.3. The summed E-state index contributed by atoms with van der Waals surface area (Å²) in [7, 11) is 0. The Hall–Kier alpha value is -3.34. The van der Waals surface area contributed by atoms with Crippen LogP contribution in [0.5, 0.6) is 0 Å². The number of carboxylic acids is 1. The molecule has 6 fully saturated rings. The van der Waals surface area contributed by atoms with Crippen molar-refractivity contribution in [3.05, 3.63) is 34.9 Å². The minimum absolute atomic E-state index is 0.00516. The van der Waals surface area contributed by atoms with E-state index in [2.05, 4.69) is 26.8 Å². The second-order valence-corrected chi connectivity index (χ2v) is 24.1. The van der Waals surface area contributed by atoms with Crippen LogP contribution in [0.2, 0.25) is 0 Å². The van der Waals surface area contributed by atoms with Gasteiger partial charge in [0.25, 0.3) is 0 Å². The van der Waals surface area contributed by atoms with Crippen LogP contribution in [0.25, 0.3) is 0 Å². The average Bonchev–Trinajstić information content (AvgIpc) is 3.32. The lowest BCUT2D eigenvalue weighted by Crippen LogP contribution is -2.73. The van der Waals surface area contributed by atoms with Gasteiger partial charge in [0.05, 0.1) is 42.5 Å². The monoisotopic (exact) mass is 1030 g/mol. The van der Waals surface area contributed by atoms with E-state index in [1.54, 1.807) is 46.8 Å². The highest BCUT2D eigenvalue weighted by atomic mass is 16.7. The molecule has 73 heavy (non-hydrogen) atoms. The number of ether oxygens (including phenoxy) is 7. The zero-order valence-electron chi connectivity index (χ0n) is 44.5. The molecule has 7 aliphatic rings. The first kappa shape index (κ1) is 57.4. The Kier molecular flexibility index (Phi) is 16.2. The van der Waals surface area contributed by atoms with Gasteiger partial charge in [-0.1, -0.05) is 65.3 Å². The Morgan fingerprint density at radius 3 is 1.93 bits per heavy atom. The molecule has 0 amide bonds. The summed E-state index contributed by atoms with van der Waals surface area (Å²) in [6, 6.07) is 0. The molecule has 2 saturated heterocycles. The molecule has 22 atom stereocenters. The van der Waals surface area contributed by atoms with Gasteiger partial charge in [-0.2, -0.15) is 0 Å². The number of aliphatic carboxylic acids is 1. The van der Waals surface area contributed by atoms with Crippen LogP contribution in [-0.2, 0) is 52.3 Å². The van der Waals surface area contributed by atoms with Crippen LogP contribution in [-0.4, -0.2) is 164 Å². The quantitative estimate of drug-likeness (QED) is 0.0457. The molecule has 0 spiro atoms. The zero-order valence-corrected chi connectivity index (χ0v) is 44.5. The fourth-order valence-corrected chi connectivity index (χ4v) is 15.1. The Labute approximate surface area is 428 Å². The van der Waals surface area contributed by atoms with Gasteiger partial charge in [0.15, 0.2) is 30.9 Å². The van der Waals surface area contributed by atoms with E-state index in [-0.39, 0.29) is 42.6 Å². The summed E-state index contributed by atoms with van der Waals surface area (Å²) in [5, 5.41) is 90.9. The highest BCUT2D eigenvalue weighted by Gasteiger charge is 2.73. The summed E-state index contributed by atoms with van der Waals surface area (Å²) in [6.07, 6.45) is -11.8. The molecule has 7 rings (SSSR count). The summed E-state index contributed by atoms with van der Waals surface area (Å²) in [5.41, 5.74) is -3.32. The van der Waals surface area contributed by atoms with Gasteiger partial charge in [0.1, 0.15) is 31.0 Å². The van der Waals surface area contributed by atoms with Crippen molar-refractivity contribution in [2.45, 2.75) is 214 Å². The van der Waals surface area contributed by atoms with Gasteiger partial charge in [-0.15, -0.1) is 0 Å². The molecule has 0 aromatic rings. The second-order valence-electron chi connectivity index (χ2n) is 24.1. The largest absolute Gasteiger partial charge is 0.479 e. The predicted octanol–water partition coefficient (Wildman–Crippen LogP) is 3.40. The minimum atomic E-state index is -1.88. The summed E-state index contributed by atoms with van der Waals surface area (Å²) >= 11 is 0. The maximum Gasteiger partial charge on any atom is 0.335 e. The number of esters is 3. The van der Waals surface area contributed by atoms with E-state index in [9.17, 15) is 60.0 Å². The molecule has 412 valence electrons. The SMILES string of the molecule is C/C=C(/C)C(=O)O[C@@H]1[C@@H](O)[C@H](O[C@H]2[C@H](O)[C@]3(COC(C)=O)C(O)C[C@]4(C)C(=CCC5[C@@]6(C)CC[C@H](O[C@@H]7O[C@H](C(=O)O)[C@@H](O)[C@H](O)[C@H]7O)[C@@](C)(CO)C6CC[C@]54C)C3CC2(C)C)O[C@H](C)[C@H]1OC(=O)/C(C)=C\C. The smallest absolute Gasteiger partial charge is 0.335 e. The van der Waals surface area contributed by atoms with Crippen LogP contribution in [0.1, 0.15) is 128 Å². The van der Waals surface area contributed by atoms with Crippen LogP contribution in [0.3, 0.4) is 0 Å². The normalized spacial score (nSPS) is 47.6. The molecule has 19 heteroatoms. The molecule has 2 heterocycles.